The Morgan fingerprint density at radius 3 is 1.18 bits per heavy atom. The summed E-state index contributed by atoms with van der Waals surface area (Å²) in [5.41, 5.74) is 0. The molecule has 0 rings (SSSR count). The number of unbranched alkanes of at least 4 members (excludes halogenated alkanes) is 1. The molecule has 166 valence electrons. The van der Waals surface area contributed by atoms with Crippen molar-refractivity contribution < 1.29 is 38.0 Å². The number of hydrogen-bond donors (Lipinski definition) is 0. The summed E-state index contributed by atoms with van der Waals surface area (Å²) in [5.74, 6) is -0.559. The average Bonchev–Trinajstić information content (AvgIpc) is 2.69. The molecule has 0 aromatic carbocycles. The molecule has 0 saturated heterocycles. The zero-order valence-electron chi connectivity index (χ0n) is 17.6. The Labute approximate surface area is 169 Å². The van der Waals surface area contributed by atoms with Crippen LogP contribution >= 0.6 is 0 Å². The summed E-state index contributed by atoms with van der Waals surface area (Å²) in [4.78, 5) is 23.1. The molecular formula is C20H38O8. The highest BCUT2D eigenvalue weighted by atomic mass is 16.6. The van der Waals surface area contributed by atoms with Crippen LogP contribution in [0.3, 0.4) is 0 Å². The van der Waals surface area contributed by atoms with Crippen molar-refractivity contribution >= 4 is 11.9 Å². The van der Waals surface area contributed by atoms with Gasteiger partial charge < -0.3 is 28.4 Å². The number of carbonyl (C=O) groups is 2. The number of carbonyl (C=O) groups excluding carboxylic acids is 2. The van der Waals surface area contributed by atoms with Gasteiger partial charge >= 0.3 is 11.9 Å². The van der Waals surface area contributed by atoms with Crippen molar-refractivity contribution in [2.24, 2.45) is 0 Å². The zero-order chi connectivity index (χ0) is 20.7. The van der Waals surface area contributed by atoms with E-state index in [1.165, 1.54) is 0 Å². The van der Waals surface area contributed by atoms with Gasteiger partial charge in [0.15, 0.2) is 0 Å². The van der Waals surface area contributed by atoms with Crippen LogP contribution in [-0.4, -0.2) is 78.0 Å². The van der Waals surface area contributed by atoms with E-state index in [0.717, 1.165) is 26.1 Å². The van der Waals surface area contributed by atoms with Crippen molar-refractivity contribution in [3.05, 3.63) is 0 Å². The Balaban J connectivity index is 3.30. The molecule has 0 aromatic heterocycles. The van der Waals surface area contributed by atoms with Crippen molar-refractivity contribution in [2.45, 2.75) is 52.4 Å². The minimum Gasteiger partial charge on any atom is -0.463 e. The van der Waals surface area contributed by atoms with Gasteiger partial charge in [0.1, 0.15) is 13.2 Å². The van der Waals surface area contributed by atoms with E-state index in [0.29, 0.717) is 52.5 Å². The summed E-state index contributed by atoms with van der Waals surface area (Å²) in [6.07, 6.45) is 3.72. The van der Waals surface area contributed by atoms with E-state index in [-0.39, 0.29) is 38.0 Å². The van der Waals surface area contributed by atoms with E-state index in [4.69, 9.17) is 28.4 Å². The number of ether oxygens (including phenoxy) is 6. The van der Waals surface area contributed by atoms with Gasteiger partial charge in [0, 0.05) is 26.1 Å². The minimum atomic E-state index is -0.280. The fraction of sp³-hybridized carbons (Fsp3) is 0.900. The van der Waals surface area contributed by atoms with Gasteiger partial charge in [-0.1, -0.05) is 13.8 Å². The van der Waals surface area contributed by atoms with E-state index in [2.05, 4.69) is 0 Å². The third-order valence-corrected chi connectivity index (χ3v) is 3.43. The van der Waals surface area contributed by atoms with E-state index >= 15 is 0 Å². The lowest BCUT2D eigenvalue weighted by Gasteiger charge is -2.07. The topological polar surface area (TPSA) is 89.5 Å². The Morgan fingerprint density at radius 2 is 0.821 bits per heavy atom. The van der Waals surface area contributed by atoms with Gasteiger partial charge in [-0.3, -0.25) is 9.59 Å². The van der Waals surface area contributed by atoms with Gasteiger partial charge in [-0.25, -0.2) is 0 Å². The highest BCUT2D eigenvalue weighted by Gasteiger charge is 2.06. The van der Waals surface area contributed by atoms with E-state index in [9.17, 15) is 9.59 Å². The smallest absolute Gasteiger partial charge is 0.305 e. The fourth-order valence-corrected chi connectivity index (χ4v) is 2.04. The predicted molar refractivity (Wildman–Crippen MR) is 104 cm³/mol. The maximum absolute atomic E-state index is 11.6. The summed E-state index contributed by atoms with van der Waals surface area (Å²) in [6.45, 7) is 8.85. The van der Waals surface area contributed by atoms with Crippen molar-refractivity contribution in [3.63, 3.8) is 0 Å². The third kappa shape index (κ3) is 21.1. The molecule has 0 saturated carbocycles. The van der Waals surface area contributed by atoms with Crippen LogP contribution in [0.15, 0.2) is 0 Å². The first kappa shape index (κ1) is 26.8. The normalized spacial score (nSPS) is 10.8. The number of rotatable bonds is 21. The van der Waals surface area contributed by atoms with Gasteiger partial charge in [-0.15, -0.1) is 0 Å². The first-order chi connectivity index (χ1) is 13.7. The predicted octanol–water partition coefficient (Wildman–Crippen LogP) is 2.52. The second-order valence-corrected chi connectivity index (χ2v) is 6.10. The number of hydrogen-bond acceptors (Lipinski definition) is 8. The second-order valence-electron chi connectivity index (χ2n) is 6.10. The zero-order valence-corrected chi connectivity index (χ0v) is 17.6. The van der Waals surface area contributed by atoms with Crippen molar-refractivity contribution in [3.8, 4) is 0 Å². The summed E-state index contributed by atoms with van der Waals surface area (Å²) >= 11 is 0. The highest BCUT2D eigenvalue weighted by Crippen LogP contribution is 2.03. The standard InChI is InChI=1S/C20H38O8/c1-3-9-23-11-13-25-15-17-27-19(21)7-5-6-8-20(22)28-18-16-26-14-12-24-10-4-2/h3-18H2,1-2H3. The number of esters is 2. The molecule has 0 aliphatic carbocycles. The lowest BCUT2D eigenvalue weighted by molar-refractivity contribution is -0.147. The molecule has 0 heterocycles. The van der Waals surface area contributed by atoms with Gasteiger partial charge in [-0.2, -0.15) is 0 Å². The van der Waals surface area contributed by atoms with Gasteiger partial charge in [0.25, 0.3) is 0 Å². The van der Waals surface area contributed by atoms with Crippen LogP contribution in [0.2, 0.25) is 0 Å². The molecule has 0 spiro atoms. The highest BCUT2D eigenvalue weighted by molar-refractivity contribution is 5.70. The van der Waals surface area contributed by atoms with E-state index < -0.39 is 0 Å². The van der Waals surface area contributed by atoms with Crippen LogP contribution in [-0.2, 0) is 38.0 Å². The van der Waals surface area contributed by atoms with Crippen LogP contribution in [0, 0.1) is 0 Å². The van der Waals surface area contributed by atoms with Crippen LogP contribution in [0.4, 0.5) is 0 Å². The lowest BCUT2D eigenvalue weighted by Crippen LogP contribution is -2.14. The molecule has 0 aliphatic heterocycles. The molecule has 8 nitrogen and oxygen atoms in total. The van der Waals surface area contributed by atoms with Crippen LogP contribution < -0.4 is 0 Å². The van der Waals surface area contributed by atoms with Crippen LogP contribution in [0.5, 0.6) is 0 Å². The molecule has 0 bridgehead atoms. The SMILES string of the molecule is CCCOCCOCCOC(=O)CCCCC(=O)OCCOCCOCCC. The van der Waals surface area contributed by atoms with E-state index in [1.54, 1.807) is 0 Å². The maximum Gasteiger partial charge on any atom is 0.305 e. The Hall–Kier alpha value is -1.22. The Morgan fingerprint density at radius 1 is 0.500 bits per heavy atom. The average molecular weight is 407 g/mol. The first-order valence-electron chi connectivity index (χ1n) is 10.3. The minimum absolute atomic E-state index is 0.234. The molecule has 0 aromatic rings. The lowest BCUT2D eigenvalue weighted by atomic mass is 10.2. The van der Waals surface area contributed by atoms with Crippen molar-refractivity contribution in [2.75, 3.05) is 66.1 Å². The Kier molecular flexibility index (Phi) is 21.1. The van der Waals surface area contributed by atoms with Gasteiger partial charge in [0.05, 0.1) is 39.6 Å². The maximum atomic E-state index is 11.6. The molecule has 0 fully saturated rings. The molecule has 0 amide bonds. The van der Waals surface area contributed by atoms with E-state index in [1.807, 2.05) is 13.8 Å². The largest absolute Gasteiger partial charge is 0.463 e. The van der Waals surface area contributed by atoms with Crippen molar-refractivity contribution in [1.82, 2.24) is 0 Å². The van der Waals surface area contributed by atoms with Gasteiger partial charge in [0.2, 0.25) is 0 Å². The van der Waals surface area contributed by atoms with Crippen LogP contribution in [0.25, 0.3) is 0 Å². The molecule has 28 heavy (non-hydrogen) atoms. The molecule has 0 unspecified atom stereocenters. The molecule has 0 aliphatic rings. The summed E-state index contributed by atoms with van der Waals surface area (Å²) < 4.78 is 31.2. The molecule has 8 heteroatoms. The summed E-state index contributed by atoms with van der Waals surface area (Å²) in [7, 11) is 0. The Bertz CT molecular complexity index is 328. The molecular weight excluding hydrogens is 368 g/mol. The molecule has 0 radical (unpaired) electrons. The quantitative estimate of drug-likeness (QED) is 0.212. The summed E-state index contributed by atoms with van der Waals surface area (Å²) in [6, 6.07) is 0. The fourth-order valence-electron chi connectivity index (χ4n) is 2.04. The molecule has 0 N–H and O–H groups in total. The third-order valence-electron chi connectivity index (χ3n) is 3.43. The van der Waals surface area contributed by atoms with Crippen molar-refractivity contribution in [1.29, 1.82) is 0 Å². The first-order valence-corrected chi connectivity index (χ1v) is 10.3. The molecule has 0 atom stereocenters. The van der Waals surface area contributed by atoms with Gasteiger partial charge in [-0.05, 0) is 25.7 Å². The van der Waals surface area contributed by atoms with Crippen LogP contribution in [0.1, 0.15) is 52.4 Å². The monoisotopic (exact) mass is 406 g/mol. The summed E-state index contributed by atoms with van der Waals surface area (Å²) in [5, 5.41) is 0. The second kappa shape index (κ2) is 22.1.